The van der Waals surface area contributed by atoms with Gasteiger partial charge in [0.05, 0.1) is 17.7 Å². The fraction of sp³-hybridized carbons (Fsp3) is 0.188. The fourth-order valence-corrected chi connectivity index (χ4v) is 2.84. The summed E-state index contributed by atoms with van der Waals surface area (Å²) in [5.41, 5.74) is 2.68. The molecular formula is C16H15NOS. The van der Waals surface area contributed by atoms with Crippen LogP contribution in [0.1, 0.15) is 29.7 Å². The molecule has 19 heavy (non-hydrogen) atoms. The summed E-state index contributed by atoms with van der Waals surface area (Å²) >= 11 is 1.57. The van der Waals surface area contributed by atoms with Crippen molar-refractivity contribution in [3.05, 3.63) is 59.2 Å². The third-order valence-corrected chi connectivity index (χ3v) is 3.92. The molecule has 0 fully saturated rings. The van der Waals surface area contributed by atoms with Gasteiger partial charge in [0, 0.05) is 9.79 Å². The number of hydrogen-bond donors (Lipinski definition) is 1. The highest BCUT2D eigenvalue weighted by Gasteiger charge is 2.10. The summed E-state index contributed by atoms with van der Waals surface area (Å²) < 4.78 is 0. The third kappa shape index (κ3) is 3.37. The number of aliphatic hydroxyl groups excluding tert-OH is 1. The summed E-state index contributed by atoms with van der Waals surface area (Å²) in [5, 5.41) is 18.8. The van der Waals surface area contributed by atoms with Crippen molar-refractivity contribution in [2.75, 3.05) is 0 Å². The molecule has 0 aliphatic carbocycles. The van der Waals surface area contributed by atoms with Crippen molar-refractivity contribution < 1.29 is 5.11 Å². The number of nitriles is 1. The minimum atomic E-state index is -0.541. The van der Waals surface area contributed by atoms with Crippen LogP contribution in [-0.4, -0.2) is 5.11 Å². The summed E-state index contributed by atoms with van der Waals surface area (Å²) in [6, 6.07) is 15.7. The molecule has 0 aliphatic heterocycles. The zero-order valence-corrected chi connectivity index (χ0v) is 11.7. The smallest absolute Gasteiger partial charge is 0.0992 e. The van der Waals surface area contributed by atoms with Crippen LogP contribution >= 0.6 is 11.8 Å². The van der Waals surface area contributed by atoms with E-state index in [9.17, 15) is 5.11 Å². The first kappa shape index (κ1) is 13.7. The second-order valence-electron chi connectivity index (χ2n) is 4.46. The summed E-state index contributed by atoms with van der Waals surface area (Å²) in [6.07, 6.45) is -0.541. The molecular weight excluding hydrogens is 254 g/mol. The number of nitrogens with zero attached hydrogens (tertiary/aromatic N) is 1. The highest BCUT2D eigenvalue weighted by atomic mass is 32.2. The molecule has 0 amide bonds. The molecule has 1 unspecified atom stereocenters. The topological polar surface area (TPSA) is 44.0 Å². The first-order valence-electron chi connectivity index (χ1n) is 6.07. The van der Waals surface area contributed by atoms with Gasteiger partial charge >= 0.3 is 0 Å². The van der Waals surface area contributed by atoms with Gasteiger partial charge in [0.1, 0.15) is 0 Å². The molecule has 2 aromatic rings. The zero-order chi connectivity index (χ0) is 13.8. The van der Waals surface area contributed by atoms with Crippen LogP contribution < -0.4 is 0 Å². The van der Waals surface area contributed by atoms with Crippen LogP contribution in [0.5, 0.6) is 0 Å². The van der Waals surface area contributed by atoms with Gasteiger partial charge in [-0.3, -0.25) is 0 Å². The molecule has 0 radical (unpaired) electrons. The van der Waals surface area contributed by atoms with Crippen LogP contribution in [0.15, 0.2) is 52.3 Å². The summed E-state index contributed by atoms with van der Waals surface area (Å²) in [7, 11) is 0. The molecule has 2 aromatic carbocycles. The summed E-state index contributed by atoms with van der Waals surface area (Å²) in [5.74, 6) is 0. The van der Waals surface area contributed by atoms with E-state index >= 15 is 0 Å². The monoisotopic (exact) mass is 269 g/mol. The van der Waals surface area contributed by atoms with Crippen molar-refractivity contribution in [3.8, 4) is 6.07 Å². The summed E-state index contributed by atoms with van der Waals surface area (Å²) in [6.45, 7) is 3.78. The number of aryl methyl sites for hydroxylation is 1. The van der Waals surface area contributed by atoms with Gasteiger partial charge in [-0.1, -0.05) is 35.5 Å². The average molecular weight is 269 g/mol. The second kappa shape index (κ2) is 5.92. The maximum absolute atomic E-state index is 9.79. The van der Waals surface area contributed by atoms with Crippen molar-refractivity contribution in [2.24, 2.45) is 0 Å². The van der Waals surface area contributed by atoms with E-state index in [4.69, 9.17) is 5.26 Å². The molecule has 0 saturated carbocycles. The molecule has 0 saturated heterocycles. The molecule has 2 rings (SSSR count). The van der Waals surface area contributed by atoms with Gasteiger partial charge in [-0.25, -0.2) is 0 Å². The molecule has 1 atom stereocenters. The average Bonchev–Trinajstić information content (AvgIpc) is 2.41. The van der Waals surface area contributed by atoms with Crippen LogP contribution in [0.25, 0.3) is 0 Å². The van der Waals surface area contributed by atoms with Crippen LogP contribution in [0.3, 0.4) is 0 Å². The van der Waals surface area contributed by atoms with E-state index in [1.807, 2.05) is 31.2 Å². The van der Waals surface area contributed by atoms with E-state index in [1.54, 1.807) is 24.8 Å². The predicted molar refractivity (Wildman–Crippen MR) is 77.1 cm³/mol. The standard InChI is InChI=1S/C16H15NOS/c1-11-3-6-14(7-4-11)19-16-9-13(10-17)5-8-15(16)12(2)18/h3-9,12,18H,1-2H3. The lowest BCUT2D eigenvalue weighted by Gasteiger charge is -2.12. The Kier molecular flexibility index (Phi) is 4.26. The van der Waals surface area contributed by atoms with Crippen LogP contribution in [0.2, 0.25) is 0 Å². The van der Waals surface area contributed by atoms with Crippen molar-refractivity contribution in [3.63, 3.8) is 0 Å². The van der Waals surface area contributed by atoms with Gasteiger partial charge in [-0.2, -0.15) is 5.26 Å². The quantitative estimate of drug-likeness (QED) is 0.913. The Labute approximate surface area is 117 Å². The minimum Gasteiger partial charge on any atom is -0.389 e. The third-order valence-electron chi connectivity index (χ3n) is 2.84. The second-order valence-corrected chi connectivity index (χ2v) is 5.57. The number of aliphatic hydroxyl groups is 1. The van der Waals surface area contributed by atoms with Gasteiger partial charge in [0.25, 0.3) is 0 Å². The van der Waals surface area contributed by atoms with Crippen LogP contribution in [0, 0.1) is 18.3 Å². The lowest BCUT2D eigenvalue weighted by Crippen LogP contribution is -1.94. The number of benzene rings is 2. The van der Waals surface area contributed by atoms with Crippen LogP contribution in [0.4, 0.5) is 0 Å². The molecule has 96 valence electrons. The molecule has 1 N–H and O–H groups in total. The van der Waals surface area contributed by atoms with Crippen molar-refractivity contribution in [1.82, 2.24) is 0 Å². The van der Waals surface area contributed by atoms with E-state index in [-0.39, 0.29) is 0 Å². The first-order valence-corrected chi connectivity index (χ1v) is 6.88. The molecule has 0 aromatic heterocycles. The van der Waals surface area contributed by atoms with Gasteiger partial charge in [0.15, 0.2) is 0 Å². The highest BCUT2D eigenvalue weighted by Crippen LogP contribution is 2.34. The Balaban J connectivity index is 2.37. The molecule has 3 heteroatoms. The highest BCUT2D eigenvalue weighted by molar-refractivity contribution is 7.99. The Morgan fingerprint density at radius 3 is 2.42 bits per heavy atom. The molecule has 2 nitrogen and oxygen atoms in total. The normalized spacial score (nSPS) is 11.9. The van der Waals surface area contributed by atoms with Crippen molar-refractivity contribution in [1.29, 1.82) is 5.26 Å². The molecule has 0 bridgehead atoms. The van der Waals surface area contributed by atoms with Crippen molar-refractivity contribution in [2.45, 2.75) is 29.7 Å². The van der Waals surface area contributed by atoms with Crippen molar-refractivity contribution >= 4 is 11.8 Å². The lowest BCUT2D eigenvalue weighted by molar-refractivity contribution is 0.196. The van der Waals surface area contributed by atoms with E-state index in [0.29, 0.717) is 5.56 Å². The lowest BCUT2D eigenvalue weighted by atomic mass is 10.1. The number of rotatable bonds is 3. The van der Waals surface area contributed by atoms with Gasteiger partial charge < -0.3 is 5.11 Å². The maximum atomic E-state index is 9.79. The Hall–Kier alpha value is -1.76. The minimum absolute atomic E-state index is 0.541. The molecule has 0 spiro atoms. The first-order chi connectivity index (χ1) is 9.10. The van der Waals surface area contributed by atoms with E-state index in [2.05, 4.69) is 18.2 Å². The Morgan fingerprint density at radius 1 is 1.16 bits per heavy atom. The van der Waals surface area contributed by atoms with Gasteiger partial charge in [-0.05, 0) is 43.7 Å². The SMILES string of the molecule is Cc1ccc(Sc2cc(C#N)ccc2C(C)O)cc1. The maximum Gasteiger partial charge on any atom is 0.0992 e. The van der Waals surface area contributed by atoms with Crippen LogP contribution in [-0.2, 0) is 0 Å². The van der Waals surface area contributed by atoms with Gasteiger partial charge in [0.2, 0.25) is 0 Å². The molecule has 0 aliphatic rings. The summed E-state index contributed by atoms with van der Waals surface area (Å²) in [4.78, 5) is 2.03. The Morgan fingerprint density at radius 2 is 1.84 bits per heavy atom. The largest absolute Gasteiger partial charge is 0.389 e. The van der Waals surface area contributed by atoms with E-state index < -0.39 is 6.10 Å². The number of hydrogen-bond acceptors (Lipinski definition) is 3. The van der Waals surface area contributed by atoms with E-state index in [0.717, 1.165) is 15.4 Å². The van der Waals surface area contributed by atoms with E-state index in [1.165, 1.54) is 5.56 Å². The predicted octanol–water partition coefficient (Wildman–Crippen LogP) is 4.07. The van der Waals surface area contributed by atoms with Gasteiger partial charge in [-0.15, -0.1) is 0 Å². The Bertz CT molecular complexity index is 612. The fourth-order valence-electron chi connectivity index (χ4n) is 1.77. The zero-order valence-electron chi connectivity index (χ0n) is 10.9. The molecule has 0 heterocycles.